The van der Waals surface area contributed by atoms with Crippen LogP contribution in [0.5, 0.6) is 0 Å². The van der Waals surface area contributed by atoms with E-state index in [1.165, 1.54) is 11.1 Å². The largest absolute Gasteiger partial charge is 0.326 e. The average Bonchev–Trinajstić information content (AvgIpc) is 2.92. The molecule has 1 saturated heterocycles. The van der Waals surface area contributed by atoms with Crippen molar-refractivity contribution in [1.29, 1.82) is 0 Å². The third-order valence-electron chi connectivity index (χ3n) is 3.66. The van der Waals surface area contributed by atoms with Crippen LogP contribution < -0.4 is 10.6 Å². The quantitative estimate of drug-likeness (QED) is 0.857. The first-order chi connectivity index (χ1) is 8.83. The van der Waals surface area contributed by atoms with Crippen molar-refractivity contribution in [1.82, 2.24) is 5.32 Å². The molecule has 1 amide bonds. The van der Waals surface area contributed by atoms with Gasteiger partial charge in [-0.1, -0.05) is 6.07 Å². The lowest BCUT2D eigenvalue weighted by atomic mass is 10.0. The van der Waals surface area contributed by atoms with E-state index >= 15 is 0 Å². The lowest BCUT2D eigenvalue weighted by molar-refractivity contribution is -0.119. The lowest BCUT2D eigenvalue weighted by Gasteiger charge is -2.18. The highest BCUT2D eigenvalue weighted by molar-refractivity contribution is 7.99. The van der Waals surface area contributed by atoms with Crippen molar-refractivity contribution in [2.24, 2.45) is 5.92 Å². The summed E-state index contributed by atoms with van der Waals surface area (Å²) >= 11 is 1.87. The summed E-state index contributed by atoms with van der Waals surface area (Å²) in [5.41, 5.74) is 3.67. The van der Waals surface area contributed by atoms with Gasteiger partial charge in [0.25, 0.3) is 0 Å². The second kappa shape index (κ2) is 5.33. The number of rotatable bonds is 2. The van der Waals surface area contributed by atoms with Crippen LogP contribution in [0.2, 0.25) is 0 Å². The Morgan fingerprint density at radius 3 is 3.17 bits per heavy atom. The van der Waals surface area contributed by atoms with Crippen LogP contribution in [0.3, 0.4) is 0 Å². The maximum Gasteiger partial charge on any atom is 0.228 e. The van der Waals surface area contributed by atoms with Crippen LogP contribution in [0.4, 0.5) is 5.69 Å². The molecule has 2 aliphatic heterocycles. The van der Waals surface area contributed by atoms with Crippen LogP contribution in [0.1, 0.15) is 17.5 Å². The number of nitrogens with one attached hydrogen (secondary N) is 2. The van der Waals surface area contributed by atoms with Gasteiger partial charge < -0.3 is 10.6 Å². The van der Waals surface area contributed by atoms with E-state index in [0.717, 1.165) is 43.1 Å². The fraction of sp³-hybridized carbons (Fsp3) is 0.500. The standard InChI is InChI=1S/C14H18N2OS/c17-14(11-4-6-18-9-11)16-13-2-1-10-3-5-15-8-12(10)7-13/h1-2,7,11,15H,3-6,8-9H2,(H,16,17). The maximum absolute atomic E-state index is 12.0. The molecule has 1 atom stereocenters. The second-order valence-corrected chi connectivity index (χ2v) is 6.11. The molecule has 96 valence electrons. The monoisotopic (exact) mass is 262 g/mol. The molecule has 1 unspecified atom stereocenters. The lowest BCUT2D eigenvalue weighted by Crippen LogP contribution is -2.25. The van der Waals surface area contributed by atoms with Crippen molar-refractivity contribution in [2.75, 3.05) is 23.4 Å². The molecule has 1 aromatic rings. The van der Waals surface area contributed by atoms with Crippen LogP contribution in [0.25, 0.3) is 0 Å². The number of amides is 1. The number of carbonyl (C=O) groups excluding carboxylic acids is 1. The number of hydrogen-bond acceptors (Lipinski definition) is 3. The van der Waals surface area contributed by atoms with Gasteiger partial charge in [-0.3, -0.25) is 4.79 Å². The van der Waals surface area contributed by atoms with Gasteiger partial charge in [0.1, 0.15) is 0 Å². The van der Waals surface area contributed by atoms with Crippen molar-refractivity contribution < 1.29 is 4.79 Å². The minimum Gasteiger partial charge on any atom is -0.326 e. The smallest absolute Gasteiger partial charge is 0.228 e. The molecule has 0 radical (unpaired) electrons. The maximum atomic E-state index is 12.0. The van der Waals surface area contributed by atoms with Crippen LogP contribution >= 0.6 is 11.8 Å². The first-order valence-corrected chi connectivity index (χ1v) is 7.69. The zero-order chi connectivity index (χ0) is 12.4. The second-order valence-electron chi connectivity index (χ2n) is 4.96. The molecule has 2 N–H and O–H groups in total. The Morgan fingerprint density at radius 1 is 1.39 bits per heavy atom. The van der Waals surface area contributed by atoms with Crippen molar-refractivity contribution in [3.8, 4) is 0 Å². The summed E-state index contributed by atoms with van der Waals surface area (Å²) in [6.45, 7) is 1.97. The third kappa shape index (κ3) is 2.54. The minimum absolute atomic E-state index is 0.184. The van der Waals surface area contributed by atoms with Gasteiger partial charge in [-0.05, 0) is 48.4 Å². The predicted molar refractivity (Wildman–Crippen MR) is 75.9 cm³/mol. The van der Waals surface area contributed by atoms with Gasteiger partial charge in [-0.2, -0.15) is 11.8 Å². The summed E-state index contributed by atoms with van der Waals surface area (Å²) < 4.78 is 0. The van der Waals surface area contributed by atoms with Crippen molar-refractivity contribution in [3.63, 3.8) is 0 Å². The fourth-order valence-electron chi connectivity index (χ4n) is 2.54. The summed E-state index contributed by atoms with van der Waals surface area (Å²) in [7, 11) is 0. The number of benzene rings is 1. The van der Waals surface area contributed by atoms with E-state index in [1.54, 1.807) is 0 Å². The van der Waals surface area contributed by atoms with Crippen LogP contribution in [-0.2, 0) is 17.8 Å². The molecule has 0 saturated carbocycles. The first kappa shape index (κ1) is 12.1. The van der Waals surface area contributed by atoms with Gasteiger partial charge in [0.2, 0.25) is 5.91 Å². The molecule has 0 aliphatic carbocycles. The van der Waals surface area contributed by atoms with E-state index in [2.05, 4.69) is 22.8 Å². The van der Waals surface area contributed by atoms with E-state index < -0.39 is 0 Å². The normalized spacial score (nSPS) is 22.6. The van der Waals surface area contributed by atoms with Crippen LogP contribution in [-0.4, -0.2) is 24.0 Å². The zero-order valence-electron chi connectivity index (χ0n) is 10.4. The molecule has 0 aromatic heterocycles. The van der Waals surface area contributed by atoms with Gasteiger partial charge in [-0.25, -0.2) is 0 Å². The molecule has 1 fully saturated rings. The Balaban J connectivity index is 1.70. The van der Waals surface area contributed by atoms with Gasteiger partial charge in [0.15, 0.2) is 0 Å². The van der Waals surface area contributed by atoms with Gasteiger partial charge in [0.05, 0.1) is 0 Å². The Hall–Kier alpha value is -1.00. The molecule has 0 bridgehead atoms. The van der Waals surface area contributed by atoms with Crippen molar-refractivity contribution >= 4 is 23.4 Å². The van der Waals surface area contributed by atoms with E-state index in [0.29, 0.717) is 0 Å². The SMILES string of the molecule is O=C(Nc1ccc2c(c1)CNCC2)C1CCSC1. The fourth-order valence-corrected chi connectivity index (χ4v) is 3.76. The molecular formula is C14H18N2OS. The number of hydrogen-bond donors (Lipinski definition) is 2. The molecule has 3 nitrogen and oxygen atoms in total. The highest BCUT2D eigenvalue weighted by Crippen LogP contribution is 2.25. The molecule has 18 heavy (non-hydrogen) atoms. The highest BCUT2D eigenvalue weighted by atomic mass is 32.2. The van der Waals surface area contributed by atoms with E-state index in [9.17, 15) is 4.79 Å². The summed E-state index contributed by atoms with van der Waals surface area (Å²) in [6.07, 6.45) is 2.10. The molecule has 4 heteroatoms. The minimum atomic E-state index is 0.184. The first-order valence-electron chi connectivity index (χ1n) is 6.54. The average molecular weight is 262 g/mol. The molecular weight excluding hydrogens is 244 g/mol. The Bertz CT molecular complexity index is 455. The Morgan fingerprint density at radius 2 is 2.33 bits per heavy atom. The summed E-state index contributed by atoms with van der Waals surface area (Å²) in [5.74, 6) is 2.47. The van der Waals surface area contributed by atoms with Crippen molar-refractivity contribution in [2.45, 2.75) is 19.4 Å². The van der Waals surface area contributed by atoms with E-state index in [1.807, 2.05) is 17.8 Å². The molecule has 1 aromatic carbocycles. The predicted octanol–water partition coefficient (Wildman–Crippen LogP) is 2.02. The summed E-state index contributed by atoms with van der Waals surface area (Å²) in [6, 6.07) is 6.29. The van der Waals surface area contributed by atoms with Crippen LogP contribution in [0.15, 0.2) is 18.2 Å². The number of anilines is 1. The van der Waals surface area contributed by atoms with Gasteiger partial charge in [-0.15, -0.1) is 0 Å². The van der Waals surface area contributed by atoms with Gasteiger partial charge in [0, 0.05) is 23.9 Å². The number of fused-ring (bicyclic) bond motifs is 1. The summed E-state index contributed by atoms with van der Waals surface area (Å²) in [4.78, 5) is 12.0. The van der Waals surface area contributed by atoms with Crippen LogP contribution in [0, 0.1) is 5.92 Å². The number of carbonyl (C=O) groups is 1. The third-order valence-corrected chi connectivity index (χ3v) is 4.82. The summed E-state index contributed by atoms with van der Waals surface area (Å²) in [5, 5.41) is 6.41. The van der Waals surface area contributed by atoms with Gasteiger partial charge >= 0.3 is 0 Å². The Labute approximate surface area is 112 Å². The molecule has 2 heterocycles. The molecule has 2 aliphatic rings. The topological polar surface area (TPSA) is 41.1 Å². The highest BCUT2D eigenvalue weighted by Gasteiger charge is 2.23. The van der Waals surface area contributed by atoms with E-state index in [-0.39, 0.29) is 11.8 Å². The Kier molecular flexibility index (Phi) is 3.57. The molecule has 0 spiro atoms. The van der Waals surface area contributed by atoms with E-state index in [4.69, 9.17) is 0 Å². The number of thioether (sulfide) groups is 1. The zero-order valence-corrected chi connectivity index (χ0v) is 11.2. The van der Waals surface area contributed by atoms with Crippen molar-refractivity contribution in [3.05, 3.63) is 29.3 Å². The molecule has 3 rings (SSSR count).